The minimum Gasteiger partial charge on any atom is -0.339 e. The van der Waals surface area contributed by atoms with E-state index < -0.39 is 0 Å². The van der Waals surface area contributed by atoms with Gasteiger partial charge in [0.15, 0.2) is 5.82 Å². The van der Waals surface area contributed by atoms with Gasteiger partial charge in [0, 0.05) is 5.92 Å². The van der Waals surface area contributed by atoms with Crippen LogP contribution in [0.25, 0.3) is 0 Å². The average Bonchev–Trinajstić information content (AvgIpc) is 2.94. The molecule has 114 valence electrons. The molecule has 0 bridgehead atoms. The van der Waals surface area contributed by atoms with Gasteiger partial charge in [0.2, 0.25) is 5.89 Å². The standard InChI is InChI=1S/C16H29N3O/c1-4-5-6-12-7-9-13(10-8-12)16-18-15(19-20-16)14(17)11(2)3/h11-14H,4-10,17H2,1-3H3. The molecule has 0 radical (unpaired) electrons. The van der Waals surface area contributed by atoms with Crippen LogP contribution in [0.2, 0.25) is 0 Å². The van der Waals surface area contributed by atoms with Gasteiger partial charge in [-0.3, -0.25) is 0 Å². The Kier molecular flexibility index (Phi) is 5.58. The van der Waals surface area contributed by atoms with Crippen molar-refractivity contribution >= 4 is 0 Å². The van der Waals surface area contributed by atoms with Gasteiger partial charge >= 0.3 is 0 Å². The molecule has 1 saturated carbocycles. The Bertz CT molecular complexity index is 394. The molecular formula is C16H29N3O. The monoisotopic (exact) mass is 279 g/mol. The molecule has 1 unspecified atom stereocenters. The second-order valence-corrected chi connectivity index (χ2v) is 6.62. The Morgan fingerprint density at radius 3 is 2.55 bits per heavy atom. The van der Waals surface area contributed by atoms with E-state index in [1.165, 1.54) is 44.9 Å². The Morgan fingerprint density at radius 2 is 1.95 bits per heavy atom. The zero-order valence-electron chi connectivity index (χ0n) is 13.1. The molecule has 1 aromatic rings. The molecule has 1 aromatic heterocycles. The van der Waals surface area contributed by atoms with Crippen LogP contribution >= 0.6 is 0 Å². The van der Waals surface area contributed by atoms with E-state index in [4.69, 9.17) is 10.3 Å². The van der Waals surface area contributed by atoms with Crippen LogP contribution < -0.4 is 5.73 Å². The van der Waals surface area contributed by atoms with E-state index in [-0.39, 0.29) is 6.04 Å². The lowest BCUT2D eigenvalue weighted by Gasteiger charge is -2.26. The van der Waals surface area contributed by atoms with Crippen LogP contribution in [0.1, 0.15) is 89.4 Å². The zero-order valence-corrected chi connectivity index (χ0v) is 13.1. The van der Waals surface area contributed by atoms with Gasteiger partial charge in [0.05, 0.1) is 6.04 Å². The van der Waals surface area contributed by atoms with Crippen molar-refractivity contribution in [3.05, 3.63) is 11.7 Å². The van der Waals surface area contributed by atoms with Gasteiger partial charge in [-0.1, -0.05) is 45.2 Å². The summed E-state index contributed by atoms with van der Waals surface area (Å²) in [4.78, 5) is 4.54. The molecule has 20 heavy (non-hydrogen) atoms. The Labute approximate surface area is 122 Å². The van der Waals surface area contributed by atoms with Gasteiger partial charge in [-0.15, -0.1) is 0 Å². The van der Waals surface area contributed by atoms with Crippen LogP contribution in [0.4, 0.5) is 0 Å². The number of rotatable bonds is 6. The van der Waals surface area contributed by atoms with Gasteiger partial charge in [0.25, 0.3) is 0 Å². The van der Waals surface area contributed by atoms with Crippen molar-refractivity contribution in [1.29, 1.82) is 0 Å². The highest BCUT2D eigenvalue weighted by Crippen LogP contribution is 2.37. The van der Waals surface area contributed by atoms with E-state index in [9.17, 15) is 0 Å². The minimum atomic E-state index is -0.117. The number of unbranched alkanes of at least 4 members (excludes halogenated alkanes) is 1. The van der Waals surface area contributed by atoms with Crippen molar-refractivity contribution < 1.29 is 4.52 Å². The summed E-state index contributed by atoms with van der Waals surface area (Å²) in [5, 5.41) is 4.07. The fourth-order valence-corrected chi connectivity index (χ4v) is 3.04. The third kappa shape index (κ3) is 3.81. The summed E-state index contributed by atoms with van der Waals surface area (Å²) in [5.41, 5.74) is 6.07. The molecule has 0 aromatic carbocycles. The first kappa shape index (κ1) is 15.5. The number of hydrogen-bond acceptors (Lipinski definition) is 4. The molecule has 1 heterocycles. The molecule has 0 amide bonds. The lowest BCUT2D eigenvalue weighted by Crippen LogP contribution is -2.18. The molecule has 4 nitrogen and oxygen atoms in total. The smallest absolute Gasteiger partial charge is 0.229 e. The Balaban J connectivity index is 1.88. The van der Waals surface area contributed by atoms with Crippen LogP contribution in [0, 0.1) is 11.8 Å². The molecular weight excluding hydrogens is 250 g/mol. The summed E-state index contributed by atoms with van der Waals surface area (Å²) in [6.07, 6.45) is 9.04. The summed E-state index contributed by atoms with van der Waals surface area (Å²) in [6, 6.07) is -0.117. The highest BCUT2D eigenvalue weighted by atomic mass is 16.5. The Morgan fingerprint density at radius 1 is 1.25 bits per heavy atom. The number of hydrogen-bond donors (Lipinski definition) is 1. The maximum atomic E-state index is 6.07. The first-order valence-electron chi connectivity index (χ1n) is 8.20. The van der Waals surface area contributed by atoms with E-state index in [0.29, 0.717) is 17.7 Å². The van der Waals surface area contributed by atoms with E-state index in [0.717, 1.165) is 11.8 Å². The third-order valence-electron chi connectivity index (χ3n) is 4.64. The van der Waals surface area contributed by atoms with Crippen LogP contribution in [0.15, 0.2) is 4.52 Å². The molecule has 4 heteroatoms. The first-order valence-corrected chi connectivity index (χ1v) is 8.20. The van der Waals surface area contributed by atoms with E-state index in [1.54, 1.807) is 0 Å². The van der Waals surface area contributed by atoms with Gasteiger partial charge in [0.1, 0.15) is 0 Å². The van der Waals surface area contributed by atoms with Crippen LogP contribution in [0.5, 0.6) is 0 Å². The highest BCUT2D eigenvalue weighted by molar-refractivity contribution is 4.99. The minimum absolute atomic E-state index is 0.117. The number of nitrogens with two attached hydrogens (primary N) is 1. The fourth-order valence-electron chi connectivity index (χ4n) is 3.04. The summed E-state index contributed by atoms with van der Waals surface area (Å²) < 4.78 is 5.45. The van der Waals surface area contributed by atoms with Crippen molar-refractivity contribution in [3.63, 3.8) is 0 Å². The van der Waals surface area contributed by atoms with Gasteiger partial charge in [-0.25, -0.2) is 0 Å². The average molecular weight is 279 g/mol. The highest BCUT2D eigenvalue weighted by Gasteiger charge is 2.27. The molecule has 1 fully saturated rings. The van der Waals surface area contributed by atoms with Crippen molar-refractivity contribution in [2.45, 2.75) is 77.7 Å². The van der Waals surface area contributed by atoms with Crippen molar-refractivity contribution in [2.24, 2.45) is 17.6 Å². The van der Waals surface area contributed by atoms with Gasteiger partial charge in [-0.2, -0.15) is 4.98 Å². The Hall–Kier alpha value is -0.900. The first-order chi connectivity index (χ1) is 9.61. The summed E-state index contributed by atoms with van der Waals surface area (Å²) >= 11 is 0. The number of aromatic nitrogens is 2. The van der Waals surface area contributed by atoms with E-state index in [1.807, 2.05) is 0 Å². The predicted molar refractivity (Wildman–Crippen MR) is 80.3 cm³/mol. The molecule has 1 atom stereocenters. The normalized spacial score (nSPS) is 25.1. The van der Waals surface area contributed by atoms with E-state index in [2.05, 4.69) is 30.9 Å². The fraction of sp³-hybridized carbons (Fsp3) is 0.875. The molecule has 2 N–H and O–H groups in total. The summed E-state index contributed by atoms with van der Waals surface area (Å²) in [7, 11) is 0. The second kappa shape index (κ2) is 7.21. The maximum absolute atomic E-state index is 6.07. The van der Waals surface area contributed by atoms with Gasteiger partial charge in [-0.05, 0) is 37.5 Å². The third-order valence-corrected chi connectivity index (χ3v) is 4.64. The summed E-state index contributed by atoms with van der Waals surface area (Å²) in [6.45, 7) is 6.43. The molecule has 1 aliphatic rings. The molecule has 0 saturated heterocycles. The predicted octanol–water partition coefficient (Wildman–Crippen LogP) is 4.19. The largest absolute Gasteiger partial charge is 0.339 e. The topological polar surface area (TPSA) is 64.9 Å². The molecule has 1 aliphatic carbocycles. The van der Waals surface area contributed by atoms with Crippen LogP contribution in [-0.4, -0.2) is 10.1 Å². The zero-order chi connectivity index (χ0) is 14.5. The SMILES string of the molecule is CCCCC1CCC(c2nc(C(N)C(C)C)no2)CC1. The number of nitrogens with zero attached hydrogens (tertiary/aromatic N) is 2. The quantitative estimate of drug-likeness (QED) is 0.848. The van der Waals surface area contributed by atoms with Crippen molar-refractivity contribution in [1.82, 2.24) is 10.1 Å². The molecule has 0 aliphatic heterocycles. The second-order valence-electron chi connectivity index (χ2n) is 6.62. The maximum Gasteiger partial charge on any atom is 0.229 e. The lowest BCUT2D eigenvalue weighted by atomic mass is 9.80. The van der Waals surface area contributed by atoms with Crippen LogP contribution in [0.3, 0.4) is 0 Å². The lowest BCUT2D eigenvalue weighted by molar-refractivity contribution is 0.259. The van der Waals surface area contributed by atoms with Gasteiger partial charge < -0.3 is 10.3 Å². The summed E-state index contributed by atoms with van der Waals surface area (Å²) in [5.74, 6) is 3.18. The van der Waals surface area contributed by atoms with Crippen molar-refractivity contribution in [2.75, 3.05) is 0 Å². The van der Waals surface area contributed by atoms with Crippen molar-refractivity contribution in [3.8, 4) is 0 Å². The molecule has 2 rings (SSSR count). The van der Waals surface area contributed by atoms with E-state index >= 15 is 0 Å². The molecule has 0 spiro atoms. The van der Waals surface area contributed by atoms with Crippen LogP contribution in [-0.2, 0) is 0 Å².